The normalized spacial score (nSPS) is 13.4. The first-order chi connectivity index (χ1) is 16.9. The summed E-state index contributed by atoms with van der Waals surface area (Å²) in [5.74, 6) is 2.44. The predicted molar refractivity (Wildman–Crippen MR) is 127 cm³/mol. The van der Waals surface area contributed by atoms with E-state index >= 15 is 0 Å². The third-order valence-electron chi connectivity index (χ3n) is 6.33. The molecule has 0 atom stereocenters. The van der Waals surface area contributed by atoms with Crippen LogP contribution < -0.4 is 5.32 Å². The Bertz CT molecular complexity index is 1390. The summed E-state index contributed by atoms with van der Waals surface area (Å²) < 4.78 is 29.6. The molecule has 1 aliphatic rings. The van der Waals surface area contributed by atoms with E-state index in [2.05, 4.69) is 20.4 Å². The van der Waals surface area contributed by atoms with Gasteiger partial charge in [-0.15, -0.1) is 0 Å². The van der Waals surface area contributed by atoms with Gasteiger partial charge in [-0.05, 0) is 39.5 Å². The third-order valence-corrected chi connectivity index (χ3v) is 6.33. The topological polar surface area (TPSA) is 90.5 Å². The van der Waals surface area contributed by atoms with Crippen LogP contribution in [-0.4, -0.2) is 35.8 Å². The van der Waals surface area contributed by atoms with Gasteiger partial charge in [0.15, 0.2) is 12.1 Å². The van der Waals surface area contributed by atoms with Crippen molar-refractivity contribution in [1.82, 2.24) is 29.5 Å². The molecule has 0 bridgehead atoms. The van der Waals surface area contributed by atoms with Crippen molar-refractivity contribution in [2.24, 2.45) is 5.92 Å². The average molecular weight is 478 g/mol. The number of carbonyl (C=O) groups excluding carboxylic acids is 1. The molecule has 10 heteroatoms. The minimum atomic E-state index is -2.51. The molecule has 3 aromatic heterocycles. The van der Waals surface area contributed by atoms with Crippen molar-refractivity contribution in [1.29, 1.82) is 0 Å². The second-order valence-corrected chi connectivity index (χ2v) is 8.87. The van der Waals surface area contributed by atoms with Gasteiger partial charge in [-0.3, -0.25) is 4.79 Å². The number of aryl methyl sites for hydroxylation is 1. The fourth-order valence-electron chi connectivity index (χ4n) is 4.15. The number of alkyl halides is 2. The highest BCUT2D eigenvalue weighted by Gasteiger charge is 2.26. The van der Waals surface area contributed by atoms with Gasteiger partial charge < -0.3 is 5.32 Å². The van der Waals surface area contributed by atoms with Crippen LogP contribution >= 0.6 is 0 Å². The zero-order valence-corrected chi connectivity index (χ0v) is 19.7. The van der Waals surface area contributed by atoms with E-state index in [1.54, 1.807) is 29.8 Å². The molecule has 0 aliphatic heterocycles. The molecule has 8 nitrogen and oxygen atoms in total. The first-order valence-corrected chi connectivity index (χ1v) is 11.4. The second-order valence-electron chi connectivity index (χ2n) is 8.87. The highest BCUT2D eigenvalue weighted by atomic mass is 19.3. The number of hydrogen-bond donors (Lipinski definition) is 1. The number of aromatic nitrogens is 6. The number of anilines is 2. The number of halogens is 2. The Morgan fingerprint density at radius 3 is 2.49 bits per heavy atom. The molecule has 1 N–H and O–H groups in total. The molecular formula is C25H25F2N7O. The fourth-order valence-corrected chi connectivity index (χ4v) is 4.15. The molecule has 35 heavy (non-hydrogen) atoms. The van der Waals surface area contributed by atoms with Crippen LogP contribution in [0.3, 0.4) is 0 Å². The summed E-state index contributed by atoms with van der Waals surface area (Å²) in [5.41, 5.74) is 4.26. The standard InChI is InChI=1S/C25H25F2N7O/c1-14-23(18-6-8-19(9-7-18)24(26)27)32-33(11-17-4-5-17)25(14)30-21-10-22(29-13-28-21)34-16(3)20(12-35)15(2)31-34/h6-10,12-13,17,24H,4-5,11H2,1-3H3,(H,28,29,30). The largest absolute Gasteiger partial charge is 0.325 e. The van der Waals surface area contributed by atoms with Crippen LogP contribution in [0.2, 0.25) is 0 Å². The molecule has 1 saturated carbocycles. The summed E-state index contributed by atoms with van der Waals surface area (Å²) in [6, 6.07) is 7.99. The van der Waals surface area contributed by atoms with Gasteiger partial charge in [0.1, 0.15) is 18.0 Å². The first kappa shape index (κ1) is 22.8. The van der Waals surface area contributed by atoms with Gasteiger partial charge in [0.05, 0.1) is 22.6 Å². The van der Waals surface area contributed by atoms with E-state index in [1.807, 2.05) is 18.5 Å². The smallest absolute Gasteiger partial charge is 0.263 e. The van der Waals surface area contributed by atoms with Crippen molar-refractivity contribution in [3.63, 3.8) is 0 Å². The van der Waals surface area contributed by atoms with Crippen molar-refractivity contribution in [2.75, 3.05) is 5.32 Å². The lowest BCUT2D eigenvalue weighted by atomic mass is 10.1. The van der Waals surface area contributed by atoms with Crippen molar-refractivity contribution in [3.8, 4) is 17.1 Å². The van der Waals surface area contributed by atoms with Crippen LogP contribution in [0.4, 0.5) is 20.4 Å². The molecule has 0 amide bonds. The maximum absolute atomic E-state index is 13.0. The third kappa shape index (κ3) is 4.43. The lowest BCUT2D eigenvalue weighted by Crippen LogP contribution is -2.09. The summed E-state index contributed by atoms with van der Waals surface area (Å²) in [5, 5.41) is 12.6. The van der Waals surface area contributed by atoms with E-state index in [-0.39, 0.29) is 5.56 Å². The summed E-state index contributed by atoms with van der Waals surface area (Å²) in [6.45, 7) is 6.31. The molecule has 5 rings (SSSR count). The van der Waals surface area contributed by atoms with Crippen LogP contribution in [0.25, 0.3) is 17.1 Å². The highest BCUT2D eigenvalue weighted by molar-refractivity contribution is 5.78. The van der Waals surface area contributed by atoms with Crippen LogP contribution in [0, 0.1) is 26.7 Å². The van der Waals surface area contributed by atoms with Crippen LogP contribution in [0.1, 0.15) is 52.1 Å². The van der Waals surface area contributed by atoms with Crippen LogP contribution in [0.5, 0.6) is 0 Å². The van der Waals surface area contributed by atoms with Crippen molar-refractivity contribution in [3.05, 3.63) is 64.7 Å². The number of carbonyl (C=O) groups is 1. The average Bonchev–Trinajstić information content (AvgIpc) is 3.56. The van der Waals surface area contributed by atoms with Crippen LogP contribution in [0.15, 0.2) is 36.7 Å². The quantitative estimate of drug-likeness (QED) is 0.344. The molecule has 1 aliphatic carbocycles. The molecule has 180 valence electrons. The molecule has 1 aromatic carbocycles. The van der Waals surface area contributed by atoms with E-state index in [4.69, 9.17) is 5.10 Å². The summed E-state index contributed by atoms with van der Waals surface area (Å²) >= 11 is 0. The van der Waals surface area contributed by atoms with Gasteiger partial charge in [-0.1, -0.05) is 24.3 Å². The van der Waals surface area contributed by atoms with E-state index in [1.165, 1.54) is 18.5 Å². The summed E-state index contributed by atoms with van der Waals surface area (Å²) in [7, 11) is 0. The Morgan fingerprint density at radius 2 is 1.86 bits per heavy atom. The molecule has 1 fully saturated rings. The Morgan fingerprint density at radius 1 is 1.11 bits per heavy atom. The van der Waals surface area contributed by atoms with E-state index < -0.39 is 6.43 Å². The number of nitrogens with zero attached hydrogens (tertiary/aromatic N) is 6. The second kappa shape index (κ2) is 9.01. The number of rotatable bonds is 8. The monoisotopic (exact) mass is 477 g/mol. The van der Waals surface area contributed by atoms with Gasteiger partial charge in [-0.2, -0.15) is 10.2 Å². The van der Waals surface area contributed by atoms with Gasteiger partial charge in [0.25, 0.3) is 6.43 Å². The SMILES string of the molecule is Cc1nn(-c2cc(Nc3c(C)c(-c4ccc(C(F)F)cc4)nn3CC3CC3)ncn2)c(C)c1C=O. The Hall–Kier alpha value is -3.95. The number of nitrogens with one attached hydrogen (secondary N) is 1. The lowest BCUT2D eigenvalue weighted by molar-refractivity contribution is 0.112. The van der Waals surface area contributed by atoms with Crippen molar-refractivity contribution >= 4 is 17.9 Å². The van der Waals surface area contributed by atoms with Crippen molar-refractivity contribution < 1.29 is 13.6 Å². The number of hydrogen-bond acceptors (Lipinski definition) is 6. The maximum Gasteiger partial charge on any atom is 0.263 e. The van der Waals surface area contributed by atoms with E-state index in [0.717, 1.165) is 48.3 Å². The number of aldehydes is 1. The minimum Gasteiger partial charge on any atom is -0.325 e. The molecule has 0 unspecified atom stereocenters. The number of benzene rings is 1. The van der Waals surface area contributed by atoms with E-state index in [0.29, 0.717) is 34.5 Å². The Labute approximate surface area is 201 Å². The predicted octanol–water partition coefficient (Wildman–Crippen LogP) is 5.35. The summed E-state index contributed by atoms with van der Waals surface area (Å²) in [6.07, 6.45) is 2.04. The van der Waals surface area contributed by atoms with Crippen LogP contribution in [-0.2, 0) is 6.54 Å². The zero-order valence-electron chi connectivity index (χ0n) is 19.7. The maximum atomic E-state index is 13.0. The highest BCUT2D eigenvalue weighted by Crippen LogP contribution is 2.36. The fraction of sp³-hybridized carbons (Fsp3) is 0.320. The minimum absolute atomic E-state index is 0.0161. The Kier molecular flexibility index (Phi) is 5.88. The Balaban J connectivity index is 1.50. The molecule has 0 spiro atoms. The molecule has 3 heterocycles. The zero-order chi connectivity index (χ0) is 24.7. The first-order valence-electron chi connectivity index (χ1n) is 11.4. The van der Waals surface area contributed by atoms with Crippen molar-refractivity contribution in [2.45, 2.75) is 46.6 Å². The van der Waals surface area contributed by atoms with E-state index in [9.17, 15) is 13.6 Å². The molecular weight excluding hydrogens is 452 g/mol. The van der Waals surface area contributed by atoms with Gasteiger partial charge in [0.2, 0.25) is 0 Å². The van der Waals surface area contributed by atoms with Gasteiger partial charge >= 0.3 is 0 Å². The molecule has 0 saturated heterocycles. The van der Waals surface area contributed by atoms with Gasteiger partial charge in [0, 0.05) is 29.3 Å². The molecule has 4 aromatic rings. The van der Waals surface area contributed by atoms with Gasteiger partial charge in [-0.25, -0.2) is 28.1 Å². The lowest BCUT2D eigenvalue weighted by Gasteiger charge is -2.11. The molecule has 0 radical (unpaired) electrons. The summed E-state index contributed by atoms with van der Waals surface area (Å²) in [4.78, 5) is 20.1.